The zero-order valence-electron chi connectivity index (χ0n) is 9.13. The maximum absolute atomic E-state index is 11.4. The van der Waals surface area contributed by atoms with Crippen molar-refractivity contribution < 1.29 is 9.53 Å². The molecule has 1 aromatic rings. The van der Waals surface area contributed by atoms with Crippen molar-refractivity contribution >= 4 is 29.2 Å². The van der Waals surface area contributed by atoms with Gasteiger partial charge in [0.2, 0.25) is 0 Å². The van der Waals surface area contributed by atoms with E-state index in [2.05, 4.69) is 6.92 Å². The van der Waals surface area contributed by atoms with Crippen LogP contribution in [0.2, 0.25) is 10.0 Å². The van der Waals surface area contributed by atoms with Crippen molar-refractivity contribution in [2.24, 2.45) is 0 Å². The van der Waals surface area contributed by atoms with Crippen molar-refractivity contribution in [1.29, 1.82) is 0 Å². The number of carbonyl (C=O) groups is 1. The van der Waals surface area contributed by atoms with Gasteiger partial charge in [-0.25, -0.2) is 0 Å². The Morgan fingerprint density at radius 2 is 2.06 bits per heavy atom. The first-order valence-electron chi connectivity index (χ1n) is 5.30. The Morgan fingerprint density at radius 3 is 2.75 bits per heavy atom. The molecule has 4 heteroatoms. The topological polar surface area (TPSA) is 26.3 Å². The van der Waals surface area contributed by atoms with Crippen LogP contribution in [-0.2, 0) is 4.79 Å². The molecule has 0 aliphatic heterocycles. The van der Waals surface area contributed by atoms with Crippen LogP contribution in [0.25, 0.3) is 0 Å². The standard InChI is InChI=1S/C12H14Cl2O2/c1-2-3-4-8-11(15)16-10-7-5-6-9(13)12(10)14/h5-7H,2-4,8H2,1H3. The van der Waals surface area contributed by atoms with E-state index < -0.39 is 0 Å². The maximum Gasteiger partial charge on any atom is 0.311 e. The molecule has 0 saturated carbocycles. The van der Waals surface area contributed by atoms with Gasteiger partial charge in [-0.15, -0.1) is 0 Å². The molecule has 0 heterocycles. The lowest BCUT2D eigenvalue weighted by Crippen LogP contribution is -2.07. The van der Waals surface area contributed by atoms with Crippen LogP contribution in [0.4, 0.5) is 0 Å². The van der Waals surface area contributed by atoms with Crippen molar-refractivity contribution in [2.45, 2.75) is 32.6 Å². The molecule has 0 N–H and O–H groups in total. The zero-order chi connectivity index (χ0) is 12.0. The second-order valence-electron chi connectivity index (χ2n) is 3.48. The molecule has 0 spiro atoms. The van der Waals surface area contributed by atoms with E-state index >= 15 is 0 Å². The molecule has 0 saturated heterocycles. The van der Waals surface area contributed by atoms with Gasteiger partial charge >= 0.3 is 5.97 Å². The third kappa shape index (κ3) is 4.03. The number of hydrogen-bond donors (Lipinski definition) is 0. The molecule has 0 atom stereocenters. The van der Waals surface area contributed by atoms with E-state index in [-0.39, 0.29) is 11.0 Å². The van der Waals surface area contributed by atoms with Gasteiger partial charge < -0.3 is 4.74 Å². The lowest BCUT2D eigenvalue weighted by atomic mass is 10.2. The fourth-order valence-electron chi connectivity index (χ4n) is 1.26. The number of ether oxygens (including phenoxy) is 1. The van der Waals surface area contributed by atoms with E-state index in [1.54, 1.807) is 18.2 Å². The minimum Gasteiger partial charge on any atom is -0.425 e. The lowest BCUT2D eigenvalue weighted by molar-refractivity contribution is -0.134. The van der Waals surface area contributed by atoms with Gasteiger partial charge in [0.05, 0.1) is 5.02 Å². The highest BCUT2D eigenvalue weighted by molar-refractivity contribution is 6.43. The Labute approximate surface area is 106 Å². The fraction of sp³-hybridized carbons (Fsp3) is 0.417. The predicted octanol–water partition coefficient (Wildman–Crippen LogP) is 4.48. The van der Waals surface area contributed by atoms with Gasteiger partial charge in [-0.2, -0.15) is 0 Å². The van der Waals surface area contributed by atoms with E-state index in [1.165, 1.54) is 0 Å². The van der Waals surface area contributed by atoms with Crippen LogP contribution in [-0.4, -0.2) is 5.97 Å². The molecule has 0 aromatic heterocycles. The molecule has 1 rings (SSSR count). The second-order valence-corrected chi connectivity index (χ2v) is 4.27. The van der Waals surface area contributed by atoms with Gasteiger partial charge in [0, 0.05) is 6.42 Å². The number of esters is 1. The summed E-state index contributed by atoms with van der Waals surface area (Å²) >= 11 is 11.7. The largest absolute Gasteiger partial charge is 0.425 e. The van der Waals surface area contributed by atoms with E-state index in [0.717, 1.165) is 19.3 Å². The average molecular weight is 261 g/mol. The third-order valence-corrected chi connectivity index (χ3v) is 2.93. The summed E-state index contributed by atoms with van der Waals surface area (Å²) in [4.78, 5) is 11.4. The number of unbranched alkanes of at least 4 members (excludes halogenated alkanes) is 2. The summed E-state index contributed by atoms with van der Waals surface area (Å²) in [7, 11) is 0. The molecule has 0 aliphatic carbocycles. The molecular formula is C12H14Cl2O2. The first kappa shape index (κ1) is 13.3. The molecule has 0 radical (unpaired) electrons. The minimum atomic E-state index is -0.266. The Morgan fingerprint density at radius 1 is 1.31 bits per heavy atom. The SMILES string of the molecule is CCCCCC(=O)Oc1cccc(Cl)c1Cl. The zero-order valence-corrected chi connectivity index (χ0v) is 10.6. The maximum atomic E-state index is 11.4. The average Bonchev–Trinajstić information content (AvgIpc) is 2.25. The predicted molar refractivity (Wildman–Crippen MR) is 66.2 cm³/mol. The number of benzene rings is 1. The highest BCUT2D eigenvalue weighted by Gasteiger charge is 2.09. The van der Waals surface area contributed by atoms with Gasteiger partial charge in [-0.05, 0) is 18.6 Å². The van der Waals surface area contributed by atoms with E-state index in [4.69, 9.17) is 27.9 Å². The second kappa shape index (κ2) is 6.77. The molecule has 0 bridgehead atoms. The molecule has 88 valence electrons. The van der Waals surface area contributed by atoms with Crippen molar-refractivity contribution in [3.8, 4) is 5.75 Å². The van der Waals surface area contributed by atoms with E-state index in [1.807, 2.05) is 0 Å². The number of rotatable bonds is 5. The molecule has 0 unspecified atom stereocenters. The van der Waals surface area contributed by atoms with Crippen LogP contribution >= 0.6 is 23.2 Å². The Balaban J connectivity index is 2.53. The number of halogens is 2. The Kier molecular flexibility index (Phi) is 5.64. The van der Waals surface area contributed by atoms with Gasteiger partial charge in [-0.1, -0.05) is 49.0 Å². The normalized spacial score (nSPS) is 10.2. The van der Waals surface area contributed by atoms with Crippen LogP contribution in [0.3, 0.4) is 0 Å². The molecule has 0 fully saturated rings. The molecule has 2 nitrogen and oxygen atoms in total. The summed E-state index contributed by atoms with van der Waals surface area (Å²) in [6.45, 7) is 2.08. The Bertz CT molecular complexity index is 364. The molecule has 16 heavy (non-hydrogen) atoms. The smallest absolute Gasteiger partial charge is 0.311 e. The summed E-state index contributed by atoms with van der Waals surface area (Å²) in [5.41, 5.74) is 0. The molecule has 0 aliphatic rings. The summed E-state index contributed by atoms with van der Waals surface area (Å²) in [6, 6.07) is 4.98. The van der Waals surface area contributed by atoms with Gasteiger partial charge in [-0.3, -0.25) is 4.79 Å². The van der Waals surface area contributed by atoms with Crippen LogP contribution in [0.5, 0.6) is 5.75 Å². The third-order valence-electron chi connectivity index (χ3n) is 2.12. The summed E-state index contributed by atoms with van der Waals surface area (Å²) in [6.07, 6.45) is 3.35. The highest BCUT2D eigenvalue weighted by atomic mass is 35.5. The first-order chi connectivity index (χ1) is 7.65. The van der Waals surface area contributed by atoms with Crippen LogP contribution < -0.4 is 4.74 Å². The first-order valence-corrected chi connectivity index (χ1v) is 6.05. The van der Waals surface area contributed by atoms with Gasteiger partial charge in [0.25, 0.3) is 0 Å². The lowest BCUT2D eigenvalue weighted by Gasteiger charge is -2.06. The molecular weight excluding hydrogens is 247 g/mol. The number of carbonyl (C=O) groups excluding carboxylic acids is 1. The minimum absolute atomic E-state index is 0.266. The van der Waals surface area contributed by atoms with Crippen molar-refractivity contribution in [1.82, 2.24) is 0 Å². The van der Waals surface area contributed by atoms with E-state index in [9.17, 15) is 4.79 Å². The monoisotopic (exact) mass is 260 g/mol. The van der Waals surface area contributed by atoms with Crippen molar-refractivity contribution in [3.63, 3.8) is 0 Å². The molecule has 0 amide bonds. The summed E-state index contributed by atoms with van der Waals surface area (Å²) in [5, 5.41) is 0.675. The van der Waals surface area contributed by atoms with Crippen molar-refractivity contribution in [2.75, 3.05) is 0 Å². The van der Waals surface area contributed by atoms with Gasteiger partial charge in [0.15, 0.2) is 5.75 Å². The summed E-state index contributed by atoms with van der Waals surface area (Å²) < 4.78 is 5.12. The summed E-state index contributed by atoms with van der Waals surface area (Å²) in [5.74, 6) is 0.0632. The van der Waals surface area contributed by atoms with E-state index in [0.29, 0.717) is 17.2 Å². The van der Waals surface area contributed by atoms with Crippen LogP contribution in [0, 0.1) is 0 Å². The van der Waals surface area contributed by atoms with Crippen LogP contribution in [0.1, 0.15) is 32.6 Å². The fourth-order valence-corrected chi connectivity index (χ4v) is 1.59. The quantitative estimate of drug-likeness (QED) is 0.443. The van der Waals surface area contributed by atoms with Crippen molar-refractivity contribution in [3.05, 3.63) is 28.2 Å². The van der Waals surface area contributed by atoms with Crippen LogP contribution in [0.15, 0.2) is 18.2 Å². The molecule has 1 aromatic carbocycles. The highest BCUT2D eigenvalue weighted by Crippen LogP contribution is 2.31. The van der Waals surface area contributed by atoms with Gasteiger partial charge in [0.1, 0.15) is 5.02 Å². The number of hydrogen-bond acceptors (Lipinski definition) is 2. The Hall–Kier alpha value is -0.730.